The average Bonchev–Trinajstić information content (AvgIpc) is 3.32. The van der Waals surface area contributed by atoms with E-state index in [1.807, 2.05) is 23.7 Å². The van der Waals surface area contributed by atoms with E-state index in [4.69, 9.17) is 0 Å². The zero-order chi connectivity index (χ0) is 19.8. The summed E-state index contributed by atoms with van der Waals surface area (Å²) in [6.45, 7) is 5.89. The van der Waals surface area contributed by atoms with Crippen LogP contribution >= 0.6 is 35.3 Å². The highest BCUT2D eigenvalue weighted by Crippen LogP contribution is 2.16. The number of hydrogen-bond acceptors (Lipinski definition) is 3. The maximum absolute atomic E-state index is 4.50. The molecule has 2 heterocycles. The van der Waals surface area contributed by atoms with Gasteiger partial charge in [0.15, 0.2) is 5.96 Å². The first kappa shape index (κ1) is 23.4. The van der Waals surface area contributed by atoms with Gasteiger partial charge >= 0.3 is 0 Å². The third-order valence-electron chi connectivity index (χ3n) is 4.61. The molecular weight excluding hydrogens is 493 g/mol. The number of halogens is 1. The summed E-state index contributed by atoms with van der Waals surface area (Å²) in [7, 11) is 1.80. The van der Waals surface area contributed by atoms with Crippen LogP contribution in [0.25, 0.3) is 0 Å². The van der Waals surface area contributed by atoms with Crippen LogP contribution in [-0.2, 0) is 25.9 Å². The number of aryl methyl sites for hydroxylation is 3. The molecule has 2 N–H and O–H groups in total. The summed E-state index contributed by atoms with van der Waals surface area (Å²) in [5, 5.41) is 6.86. The lowest BCUT2D eigenvalue weighted by atomic mass is 10.1. The van der Waals surface area contributed by atoms with E-state index in [2.05, 4.69) is 81.5 Å². The van der Waals surface area contributed by atoms with Crippen molar-refractivity contribution in [3.63, 3.8) is 0 Å². The predicted molar refractivity (Wildman–Crippen MR) is 133 cm³/mol. The van der Waals surface area contributed by atoms with Crippen molar-refractivity contribution in [2.75, 3.05) is 7.05 Å². The van der Waals surface area contributed by atoms with Gasteiger partial charge in [0, 0.05) is 48.2 Å². The van der Waals surface area contributed by atoms with Crippen molar-refractivity contribution in [1.82, 2.24) is 20.2 Å². The second kappa shape index (κ2) is 12.0. The summed E-state index contributed by atoms with van der Waals surface area (Å²) in [4.78, 5) is 11.6. The fraction of sp³-hybridized carbons (Fsp3) is 0.364. The number of nitrogens with one attached hydrogen (secondary N) is 2. The number of aromatic nitrogens is 2. The van der Waals surface area contributed by atoms with Crippen molar-refractivity contribution in [3.8, 4) is 0 Å². The number of imidazole rings is 1. The second-order valence-corrected chi connectivity index (χ2v) is 8.33. The zero-order valence-electron chi connectivity index (χ0n) is 17.3. The highest BCUT2D eigenvalue weighted by atomic mass is 127. The molecule has 0 aliphatic heterocycles. The van der Waals surface area contributed by atoms with E-state index in [1.54, 1.807) is 7.05 Å². The lowest BCUT2D eigenvalue weighted by Gasteiger charge is -2.17. The maximum Gasteiger partial charge on any atom is 0.191 e. The van der Waals surface area contributed by atoms with Crippen LogP contribution in [0, 0.1) is 6.92 Å². The van der Waals surface area contributed by atoms with Crippen LogP contribution in [0.3, 0.4) is 0 Å². The van der Waals surface area contributed by atoms with Crippen molar-refractivity contribution < 1.29 is 0 Å². The summed E-state index contributed by atoms with van der Waals surface area (Å²) in [5.41, 5.74) is 1.34. The van der Waals surface area contributed by atoms with E-state index >= 15 is 0 Å². The first-order valence-electron chi connectivity index (χ1n) is 9.70. The lowest BCUT2D eigenvalue weighted by Crippen LogP contribution is -2.43. The minimum atomic E-state index is 0. The summed E-state index contributed by atoms with van der Waals surface area (Å²) < 4.78 is 2.20. The first-order valence-corrected chi connectivity index (χ1v) is 10.5. The Labute approximate surface area is 194 Å². The number of thiophene rings is 1. The summed E-state index contributed by atoms with van der Waals surface area (Å²) >= 11 is 1.85. The molecule has 3 rings (SSSR count). The third kappa shape index (κ3) is 7.47. The molecule has 7 heteroatoms. The standard InChI is InChI=1S/C22H29N5S.HI/c1-17(15-20-10-9-18(2)28-20)26-22(23-3)25-16-21-24-12-14-27(21)13-11-19-7-5-4-6-8-19;/h4-10,12,14,17H,11,13,15-16H2,1-3H3,(H2,23,25,26);1H. The van der Waals surface area contributed by atoms with E-state index in [-0.39, 0.29) is 24.0 Å². The average molecular weight is 523 g/mol. The molecule has 0 saturated heterocycles. The molecule has 2 aromatic heterocycles. The van der Waals surface area contributed by atoms with Gasteiger partial charge in [-0.15, -0.1) is 35.3 Å². The van der Waals surface area contributed by atoms with E-state index in [9.17, 15) is 0 Å². The van der Waals surface area contributed by atoms with Gasteiger partial charge < -0.3 is 15.2 Å². The van der Waals surface area contributed by atoms with Crippen LogP contribution in [0.5, 0.6) is 0 Å². The molecule has 0 radical (unpaired) electrons. The fourth-order valence-corrected chi connectivity index (χ4v) is 4.16. The van der Waals surface area contributed by atoms with Gasteiger partial charge in [0.2, 0.25) is 0 Å². The van der Waals surface area contributed by atoms with Gasteiger partial charge in [0.1, 0.15) is 5.82 Å². The van der Waals surface area contributed by atoms with E-state index < -0.39 is 0 Å². The van der Waals surface area contributed by atoms with Gasteiger partial charge in [-0.3, -0.25) is 4.99 Å². The minimum absolute atomic E-state index is 0. The highest BCUT2D eigenvalue weighted by Gasteiger charge is 2.09. The molecule has 0 aliphatic carbocycles. The molecule has 0 saturated carbocycles. The quantitative estimate of drug-likeness (QED) is 0.261. The lowest BCUT2D eigenvalue weighted by molar-refractivity contribution is 0.616. The second-order valence-electron chi connectivity index (χ2n) is 6.96. The third-order valence-corrected chi connectivity index (χ3v) is 5.63. The van der Waals surface area contributed by atoms with Crippen LogP contribution in [0.1, 0.15) is 28.1 Å². The molecule has 0 bridgehead atoms. The maximum atomic E-state index is 4.50. The van der Waals surface area contributed by atoms with Gasteiger partial charge in [0.25, 0.3) is 0 Å². The van der Waals surface area contributed by atoms with Crippen LogP contribution in [0.15, 0.2) is 59.9 Å². The predicted octanol–water partition coefficient (Wildman–Crippen LogP) is 4.41. The Morgan fingerprint density at radius 3 is 2.69 bits per heavy atom. The van der Waals surface area contributed by atoms with Gasteiger partial charge in [-0.05, 0) is 38.0 Å². The van der Waals surface area contributed by atoms with Crippen molar-refractivity contribution in [3.05, 3.63) is 76.0 Å². The number of benzene rings is 1. The molecule has 5 nitrogen and oxygen atoms in total. The van der Waals surface area contributed by atoms with Gasteiger partial charge in [-0.25, -0.2) is 4.98 Å². The molecule has 1 unspecified atom stereocenters. The molecule has 156 valence electrons. The monoisotopic (exact) mass is 523 g/mol. The molecule has 1 atom stereocenters. The number of guanidine groups is 1. The first-order chi connectivity index (χ1) is 13.6. The van der Waals surface area contributed by atoms with Crippen LogP contribution in [0.4, 0.5) is 0 Å². The Kier molecular flexibility index (Phi) is 9.66. The van der Waals surface area contributed by atoms with Gasteiger partial charge in [-0.1, -0.05) is 30.3 Å². The van der Waals surface area contributed by atoms with Crippen molar-refractivity contribution in [2.24, 2.45) is 4.99 Å². The van der Waals surface area contributed by atoms with Crippen LogP contribution in [0.2, 0.25) is 0 Å². The molecular formula is C22H30IN5S. The number of hydrogen-bond donors (Lipinski definition) is 2. The molecule has 0 amide bonds. The smallest absolute Gasteiger partial charge is 0.191 e. The topological polar surface area (TPSA) is 54.2 Å². The minimum Gasteiger partial charge on any atom is -0.354 e. The van der Waals surface area contributed by atoms with Gasteiger partial charge in [-0.2, -0.15) is 0 Å². The largest absolute Gasteiger partial charge is 0.354 e. The van der Waals surface area contributed by atoms with E-state index in [0.717, 1.165) is 31.2 Å². The van der Waals surface area contributed by atoms with E-state index in [0.29, 0.717) is 12.6 Å². The Morgan fingerprint density at radius 2 is 2.00 bits per heavy atom. The van der Waals surface area contributed by atoms with Crippen molar-refractivity contribution >= 4 is 41.3 Å². The van der Waals surface area contributed by atoms with Crippen molar-refractivity contribution in [1.29, 1.82) is 0 Å². The van der Waals surface area contributed by atoms with Gasteiger partial charge in [0.05, 0.1) is 6.54 Å². The zero-order valence-corrected chi connectivity index (χ0v) is 20.4. The normalized spacial score (nSPS) is 12.3. The Bertz CT molecular complexity index is 888. The molecule has 1 aromatic carbocycles. The number of nitrogens with zero attached hydrogens (tertiary/aromatic N) is 3. The molecule has 0 fully saturated rings. The van der Waals surface area contributed by atoms with Crippen LogP contribution < -0.4 is 10.6 Å². The Morgan fingerprint density at radius 1 is 1.21 bits per heavy atom. The Balaban J connectivity index is 0.00000300. The van der Waals surface area contributed by atoms with Crippen LogP contribution in [-0.4, -0.2) is 28.6 Å². The highest BCUT2D eigenvalue weighted by molar-refractivity contribution is 14.0. The SMILES string of the molecule is CN=C(NCc1nccn1CCc1ccccc1)NC(C)Cc1ccc(C)s1.I. The summed E-state index contributed by atoms with van der Waals surface area (Å²) in [6, 6.07) is 15.2. The Hall–Kier alpha value is -1.87. The summed E-state index contributed by atoms with van der Waals surface area (Å²) in [6.07, 6.45) is 5.89. The molecule has 3 aromatic rings. The summed E-state index contributed by atoms with van der Waals surface area (Å²) in [5.74, 6) is 1.82. The molecule has 0 spiro atoms. The fourth-order valence-electron chi connectivity index (χ4n) is 3.14. The molecule has 29 heavy (non-hydrogen) atoms. The van der Waals surface area contributed by atoms with Crippen molar-refractivity contribution in [2.45, 2.75) is 45.8 Å². The van der Waals surface area contributed by atoms with E-state index in [1.165, 1.54) is 15.3 Å². The number of rotatable bonds is 8. The number of aliphatic imine (C=N–C) groups is 1. The molecule has 0 aliphatic rings.